The first-order valence-corrected chi connectivity index (χ1v) is 7.96. The van der Waals surface area contributed by atoms with Crippen molar-refractivity contribution in [2.45, 2.75) is 10.9 Å². The molecule has 6 heteroatoms. The van der Waals surface area contributed by atoms with Crippen LogP contribution in [0.25, 0.3) is 0 Å². The van der Waals surface area contributed by atoms with Gasteiger partial charge >= 0.3 is 0 Å². The van der Waals surface area contributed by atoms with Gasteiger partial charge in [0.15, 0.2) is 3.95 Å². The summed E-state index contributed by atoms with van der Waals surface area (Å²) in [6, 6.07) is 6.37. The zero-order valence-corrected chi connectivity index (χ0v) is 12.2. The molecule has 2 heterocycles. The average Bonchev–Trinajstić information content (AvgIpc) is 2.79. The van der Waals surface area contributed by atoms with Crippen LogP contribution in [0.15, 0.2) is 29.3 Å². The maximum absolute atomic E-state index is 13.0. The largest absolute Gasteiger partial charge is 0.332 e. The number of aromatic nitrogens is 1. The number of benzene rings is 1. The van der Waals surface area contributed by atoms with Crippen molar-refractivity contribution in [1.82, 2.24) is 4.98 Å². The van der Waals surface area contributed by atoms with E-state index in [4.69, 9.17) is 12.2 Å². The van der Waals surface area contributed by atoms with E-state index in [1.54, 1.807) is 23.9 Å². The predicted molar refractivity (Wildman–Crippen MR) is 78.0 cm³/mol. The number of nitrogens with one attached hydrogen (secondary N) is 1. The number of H-pyrrole nitrogens is 1. The van der Waals surface area contributed by atoms with Gasteiger partial charge in [-0.3, -0.25) is 0 Å². The van der Waals surface area contributed by atoms with E-state index < -0.39 is 0 Å². The number of fused-ring (bicyclic) bond motifs is 1. The molecule has 0 saturated carbocycles. The first-order valence-electron chi connectivity index (χ1n) is 5.75. The molecule has 19 heavy (non-hydrogen) atoms. The Morgan fingerprint density at radius 3 is 2.79 bits per heavy atom. The third kappa shape index (κ3) is 2.40. The Morgan fingerprint density at radius 2 is 2.11 bits per heavy atom. The summed E-state index contributed by atoms with van der Waals surface area (Å²) in [5.41, 5.74) is 0.963. The number of hydrogen-bond donors (Lipinski definition) is 1. The van der Waals surface area contributed by atoms with Gasteiger partial charge in [-0.2, -0.15) is 0 Å². The van der Waals surface area contributed by atoms with E-state index in [2.05, 4.69) is 4.98 Å². The zero-order valence-electron chi connectivity index (χ0n) is 9.76. The first-order chi connectivity index (χ1) is 9.19. The van der Waals surface area contributed by atoms with Crippen LogP contribution in [-0.4, -0.2) is 17.0 Å². The summed E-state index contributed by atoms with van der Waals surface area (Å²) in [5, 5.41) is 1.04. The predicted octanol–water partition coefficient (Wildman–Crippen LogP) is 4.00. The van der Waals surface area contributed by atoms with E-state index in [0.717, 1.165) is 31.5 Å². The van der Waals surface area contributed by atoms with Crippen molar-refractivity contribution in [2.24, 2.45) is 5.92 Å². The molecule has 2 nitrogen and oxygen atoms in total. The number of carbonyl (C=O) groups is 1. The molecule has 98 valence electrons. The van der Waals surface area contributed by atoms with Gasteiger partial charge in [0.25, 0.3) is 0 Å². The van der Waals surface area contributed by atoms with Crippen LogP contribution in [0, 0.1) is 15.7 Å². The minimum absolute atomic E-state index is 0.0210. The van der Waals surface area contributed by atoms with E-state index in [9.17, 15) is 9.18 Å². The molecule has 1 aliphatic rings. The molecular weight excluding hydrogens is 301 g/mol. The quantitative estimate of drug-likeness (QED) is 0.672. The molecule has 0 amide bonds. The van der Waals surface area contributed by atoms with Crippen molar-refractivity contribution in [3.63, 3.8) is 0 Å². The monoisotopic (exact) mass is 311 g/mol. The van der Waals surface area contributed by atoms with Gasteiger partial charge in [-0.15, -0.1) is 23.1 Å². The fourth-order valence-corrected chi connectivity index (χ4v) is 5.11. The number of halogens is 1. The Labute approximate surface area is 123 Å². The molecule has 0 aliphatic carbocycles. The minimum atomic E-state index is -0.265. The van der Waals surface area contributed by atoms with Crippen molar-refractivity contribution < 1.29 is 9.18 Å². The lowest BCUT2D eigenvalue weighted by Crippen LogP contribution is -2.21. The number of aldehydes is 1. The summed E-state index contributed by atoms with van der Waals surface area (Å²) in [7, 11) is 0. The molecule has 0 fully saturated rings. The molecule has 1 aromatic carbocycles. The van der Waals surface area contributed by atoms with Gasteiger partial charge < -0.3 is 9.78 Å². The first kappa shape index (κ1) is 13.0. The van der Waals surface area contributed by atoms with E-state index >= 15 is 0 Å². The van der Waals surface area contributed by atoms with Crippen LogP contribution >= 0.6 is 35.3 Å². The maximum atomic E-state index is 13.0. The van der Waals surface area contributed by atoms with Gasteiger partial charge in [-0.25, -0.2) is 4.39 Å². The third-order valence-electron chi connectivity index (χ3n) is 3.18. The molecule has 3 rings (SSSR count). The second-order valence-corrected chi connectivity index (χ2v) is 7.10. The molecule has 2 unspecified atom stereocenters. The van der Waals surface area contributed by atoms with E-state index in [-0.39, 0.29) is 17.7 Å². The van der Waals surface area contributed by atoms with Crippen molar-refractivity contribution in [1.29, 1.82) is 0 Å². The van der Waals surface area contributed by atoms with E-state index in [1.165, 1.54) is 23.5 Å². The second-order valence-electron chi connectivity index (χ2n) is 4.35. The standard InChI is InChI=1S/C13H10FNOS3/c14-9-3-1-7(2-4-9)10-8(5-16)6-18-12-11(10)19-13(17)15-12/h1-5,8,10H,6H2,(H,15,17). The lowest BCUT2D eigenvalue weighted by molar-refractivity contribution is -0.110. The van der Waals surface area contributed by atoms with Crippen molar-refractivity contribution in [3.05, 3.63) is 44.5 Å². The number of aromatic amines is 1. The molecule has 1 N–H and O–H groups in total. The Hall–Kier alpha value is -0.980. The van der Waals surface area contributed by atoms with Crippen LogP contribution in [0.3, 0.4) is 0 Å². The molecule has 1 aliphatic heterocycles. The van der Waals surface area contributed by atoms with Crippen LogP contribution in [0.5, 0.6) is 0 Å². The van der Waals surface area contributed by atoms with Gasteiger partial charge in [-0.05, 0) is 29.9 Å². The fraction of sp³-hybridized carbons (Fsp3) is 0.231. The van der Waals surface area contributed by atoms with Crippen LogP contribution in [0.2, 0.25) is 0 Å². The second kappa shape index (κ2) is 5.19. The molecule has 0 radical (unpaired) electrons. The highest BCUT2D eigenvalue weighted by atomic mass is 32.2. The Morgan fingerprint density at radius 1 is 1.37 bits per heavy atom. The highest BCUT2D eigenvalue weighted by Crippen LogP contribution is 2.45. The molecule has 2 aromatic rings. The molecule has 0 spiro atoms. The Balaban J connectivity index is 2.12. The number of rotatable bonds is 2. The summed E-state index contributed by atoms with van der Waals surface area (Å²) < 4.78 is 13.8. The normalized spacial score (nSPS) is 21.9. The summed E-state index contributed by atoms with van der Waals surface area (Å²) in [4.78, 5) is 15.6. The van der Waals surface area contributed by atoms with Gasteiger partial charge in [-0.1, -0.05) is 12.1 Å². The number of thiazole rings is 1. The summed E-state index contributed by atoms with van der Waals surface area (Å²) in [5.74, 6) is 0.343. The van der Waals surface area contributed by atoms with Gasteiger partial charge in [0.1, 0.15) is 12.1 Å². The maximum Gasteiger partial charge on any atom is 0.159 e. The van der Waals surface area contributed by atoms with Gasteiger partial charge in [0.2, 0.25) is 0 Å². The number of hydrogen-bond acceptors (Lipinski definition) is 4. The summed E-state index contributed by atoms with van der Waals surface area (Å²) in [6.07, 6.45) is 0.993. The zero-order chi connectivity index (χ0) is 13.4. The van der Waals surface area contributed by atoms with Crippen LogP contribution < -0.4 is 0 Å². The fourth-order valence-electron chi connectivity index (χ4n) is 2.29. The molecular formula is C13H10FNOS3. The van der Waals surface area contributed by atoms with Crippen LogP contribution in [0.1, 0.15) is 16.4 Å². The topological polar surface area (TPSA) is 32.9 Å². The minimum Gasteiger partial charge on any atom is -0.332 e. The lowest BCUT2D eigenvalue weighted by Gasteiger charge is -2.27. The van der Waals surface area contributed by atoms with E-state index in [1.807, 2.05) is 0 Å². The SMILES string of the molecule is O=CC1CSc2[nH]c(=S)sc2C1c1ccc(F)cc1. The summed E-state index contributed by atoms with van der Waals surface area (Å²) >= 11 is 8.31. The highest BCUT2D eigenvalue weighted by molar-refractivity contribution is 7.99. The number of carbonyl (C=O) groups excluding carboxylic acids is 1. The smallest absolute Gasteiger partial charge is 0.159 e. The Kier molecular flexibility index (Phi) is 3.56. The van der Waals surface area contributed by atoms with Crippen LogP contribution in [-0.2, 0) is 4.79 Å². The number of thioether (sulfide) groups is 1. The highest BCUT2D eigenvalue weighted by Gasteiger charge is 2.33. The Bertz CT molecular complexity index is 661. The van der Waals surface area contributed by atoms with Crippen molar-refractivity contribution in [3.8, 4) is 0 Å². The van der Waals surface area contributed by atoms with Crippen molar-refractivity contribution in [2.75, 3.05) is 5.75 Å². The molecule has 1 aromatic heterocycles. The summed E-state index contributed by atoms with van der Waals surface area (Å²) in [6.45, 7) is 0. The molecule has 2 atom stereocenters. The van der Waals surface area contributed by atoms with Gasteiger partial charge in [0.05, 0.1) is 5.03 Å². The van der Waals surface area contributed by atoms with Crippen molar-refractivity contribution >= 4 is 41.6 Å². The third-order valence-corrected chi connectivity index (χ3v) is 5.79. The van der Waals surface area contributed by atoms with Crippen LogP contribution in [0.4, 0.5) is 4.39 Å². The van der Waals surface area contributed by atoms with E-state index in [0.29, 0.717) is 0 Å². The van der Waals surface area contributed by atoms with Gasteiger partial charge in [0, 0.05) is 22.5 Å². The molecule has 0 saturated heterocycles. The molecule has 0 bridgehead atoms. The lowest BCUT2D eigenvalue weighted by atomic mass is 9.86. The average molecular weight is 311 g/mol.